The summed E-state index contributed by atoms with van der Waals surface area (Å²) in [6.07, 6.45) is 1.94. The molecule has 0 radical (unpaired) electrons. The van der Waals surface area contributed by atoms with Gasteiger partial charge in [0, 0.05) is 5.56 Å². The molecule has 3 heteroatoms. The Hall–Kier alpha value is -1.87. The van der Waals surface area contributed by atoms with Crippen LogP contribution >= 0.6 is 0 Å². The predicted octanol–water partition coefficient (Wildman–Crippen LogP) is 1.61. The summed E-state index contributed by atoms with van der Waals surface area (Å²) in [5.41, 5.74) is 17.0. The Balaban J connectivity index is 2.26. The number of hydrogen-bond donors (Lipinski definition) is 2. The molecule has 0 unspecified atom stereocenters. The van der Waals surface area contributed by atoms with Crippen LogP contribution < -0.4 is 11.5 Å². The lowest BCUT2D eigenvalue weighted by Crippen LogP contribution is -2.23. The van der Waals surface area contributed by atoms with E-state index in [1.54, 1.807) is 0 Å². The lowest BCUT2D eigenvalue weighted by Gasteiger charge is -2.21. The summed E-state index contributed by atoms with van der Waals surface area (Å²) >= 11 is 0. The number of amidine groups is 1. The van der Waals surface area contributed by atoms with Gasteiger partial charge in [0.1, 0.15) is 12.0 Å². The van der Waals surface area contributed by atoms with Crippen LogP contribution in [0.3, 0.4) is 0 Å². The van der Waals surface area contributed by atoms with Crippen molar-refractivity contribution in [2.45, 2.75) is 19.0 Å². The predicted molar refractivity (Wildman–Crippen MR) is 69.0 cm³/mol. The second-order valence-corrected chi connectivity index (χ2v) is 4.80. The van der Waals surface area contributed by atoms with Gasteiger partial charge in [-0.2, -0.15) is 0 Å². The molecule has 2 aromatic rings. The Bertz CT molecular complexity index is 675. The van der Waals surface area contributed by atoms with Crippen molar-refractivity contribution in [3.8, 4) is 0 Å². The largest absolute Gasteiger partial charge is 0.383 e. The lowest BCUT2D eigenvalue weighted by molar-refractivity contribution is 0.776. The van der Waals surface area contributed by atoms with Crippen LogP contribution in [0.25, 0.3) is 10.8 Å². The van der Waals surface area contributed by atoms with Crippen LogP contribution in [0.15, 0.2) is 29.3 Å². The topological polar surface area (TPSA) is 64.4 Å². The van der Waals surface area contributed by atoms with Crippen molar-refractivity contribution >= 4 is 16.6 Å². The van der Waals surface area contributed by atoms with Crippen LogP contribution in [0, 0.1) is 0 Å². The Kier molecular flexibility index (Phi) is 1.55. The van der Waals surface area contributed by atoms with Gasteiger partial charge in [-0.05, 0) is 40.3 Å². The normalized spacial score (nSPS) is 20.8. The van der Waals surface area contributed by atoms with Gasteiger partial charge in [-0.15, -0.1) is 0 Å². The summed E-state index contributed by atoms with van der Waals surface area (Å²) in [7, 11) is 0. The fourth-order valence-electron chi connectivity index (χ4n) is 3.10. The van der Waals surface area contributed by atoms with Crippen molar-refractivity contribution in [2.75, 3.05) is 0 Å². The molecule has 4 N–H and O–H groups in total. The third kappa shape index (κ3) is 1.02. The maximum atomic E-state index is 6.05. The van der Waals surface area contributed by atoms with E-state index < -0.39 is 0 Å². The molecule has 0 saturated heterocycles. The number of nitrogens with two attached hydrogens (primary N) is 2. The van der Waals surface area contributed by atoms with Crippen molar-refractivity contribution < 1.29 is 0 Å². The van der Waals surface area contributed by atoms with Gasteiger partial charge in [-0.25, -0.2) is 4.99 Å². The maximum Gasteiger partial charge on any atom is 0.128 e. The summed E-state index contributed by atoms with van der Waals surface area (Å²) in [6.45, 7) is 0. The van der Waals surface area contributed by atoms with Gasteiger partial charge in [0.25, 0.3) is 0 Å². The number of hydrogen-bond acceptors (Lipinski definition) is 3. The molecule has 0 fully saturated rings. The first-order chi connectivity index (χ1) is 8.25. The SMILES string of the molecule is NC1=N[C@@H](N)c2ccc3c4c(ccc1c24)CC3. The molecular weight excluding hydrogens is 210 g/mol. The van der Waals surface area contributed by atoms with Crippen molar-refractivity contribution in [1.82, 2.24) is 0 Å². The van der Waals surface area contributed by atoms with Gasteiger partial charge in [0.05, 0.1) is 0 Å². The molecule has 0 saturated carbocycles. The highest BCUT2D eigenvalue weighted by molar-refractivity contribution is 6.13. The zero-order chi connectivity index (χ0) is 11.6. The van der Waals surface area contributed by atoms with Gasteiger partial charge >= 0.3 is 0 Å². The van der Waals surface area contributed by atoms with Crippen LogP contribution in [0.2, 0.25) is 0 Å². The van der Waals surface area contributed by atoms with Crippen molar-refractivity contribution in [3.05, 3.63) is 46.5 Å². The quantitative estimate of drug-likeness (QED) is 0.712. The molecule has 84 valence electrons. The smallest absolute Gasteiger partial charge is 0.128 e. The first-order valence-electron chi connectivity index (χ1n) is 5.92. The highest BCUT2D eigenvalue weighted by Crippen LogP contribution is 2.38. The molecule has 1 heterocycles. The van der Waals surface area contributed by atoms with Gasteiger partial charge < -0.3 is 11.5 Å². The molecule has 1 aliphatic carbocycles. The molecule has 0 aromatic heterocycles. The van der Waals surface area contributed by atoms with Gasteiger partial charge in [-0.3, -0.25) is 0 Å². The molecule has 4 rings (SSSR count). The first-order valence-corrected chi connectivity index (χ1v) is 5.92. The Morgan fingerprint density at radius 3 is 2.47 bits per heavy atom. The van der Waals surface area contributed by atoms with E-state index in [1.165, 1.54) is 21.9 Å². The second-order valence-electron chi connectivity index (χ2n) is 4.80. The summed E-state index contributed by atoms with van der Waals surface area (Å²) < 4.78 is 0. The maximum absolute atomic E-state index is 6.05. The minimum absolute atomic E-state index is 0.313. The van der Waals surface area contributed by atoms with Crippen LogP contribution in [0.5, 0.6) is 0 Å². The van der Waals surface area contributed by atoms with Crippen LogP contribution in [0.4, 0.5) is 0 Å². The fraction of sp³-hybridized carbons (Fsp3) is 0.214. The number of aryl methyl sites for hydroxylation is 2. The molecule has 2 aromatic carbocycles. The molecule has 3 nitrogen and oxygen atoms in total. The summed E-state index contributed by atoms with van der Waals surface area (Å²) in [5, 5.41) is 2.60. The van der Waals surface area contributed by atoms with E-state index in [4.69, 9.17) is 11.5 Å². The van der Waals surface area contributed by atoms with E-state index in [1.807, 2.05) is 0 Å². The minimum atomic E-state index is -0.313. The molecule has 17 heavy (non-hydrogen) atoms. The standard InChI is InChI=1S/C14H13N3/c15-13-9-5-3-7-1-2-8-4-6-10(14(16)17-13)12(9)11(7)8/h3-6,13H,1-2,15H2,(H2,16,17)/t13-/m1/s1. The van der Waals surface area contributed by atoms with Gasteiger partial charge in [0.2, 0.25) is 0 Å². The van der Waals surface area contributed by atoms with Gasteiger partial charge in [-0.1, -0.05) is 24.3 Å². The Labute approximate surface area is 99.1 Å². The van der Waals surface area contributed by atoms with Crippen LogP contribution in [-0.4, -0.2) is 5.84 Å². The molecule has 0 spiro atoms. The van der Waals surface area contributed by atoms with E-state index in [9.17, 15) is 0 Å². The minimum Gasteiger partial charge on any atom is -0.383 e. The number of aliphatic imine (C=N–C) groups is 1. The summed E-state index contributed by atoms with van der Waals surface area (Å²) in [5.74, 6) is 0.570. The van der Waals surface area contributed by atoms with E-state index in [0.29, 0.717) is 5.84 Å². The lowest BCUT2D eigenvalue weighted by atomic mass is 9.92. The molecule has 1 atom stereocenters. The number of nitrogens with zero attached hydrogens (tertiary/aromatic N) is 1. The second kappa shape index (κ2) is 2.87. The van der Waals surface area contributed by atoms with E-state index in [2.05, 4.69) is 29.3 Å². The molecule has 0 bridgehead atoms. The zero-order valence-electron chi connectivity index (χ0n) is 9.40. The molecular formula is C14H13N3. The van der Waals surface area contributed by atoms with Crippen molar-refractivity contribution in [3.63, 3.8) is 0 Å². The average Bonchev–Trinajstić information content (AvgIpc) is 2.74. The molecule has 0 amide bonds. The molecule has 1 aliphatic heterocycles. The van der Waals surface area contributed by atoms with E-state index in [-0.39, 0.29) is 6.17 Å². The summed E-state index contributed by atoms with van der Waals surface area (Å²) in [4.78, 5) is 4.30. The highest BCUT2D eigenvalue weighted by atomic mass is 15.0. The fourth-order valence-corrected chi connectivity index (χ4v) is 3.10. The Morgan fingerprint density at radius 2 is 1.71 bits per heavy atom. The first kappa shape index (κ1) is 9.19. The van der Waals surface area contributed by atoms with Crippen LogP contribution in [0.1, 0.15) is 28.4 Å². The van der Waals surface area contributed by atoms with Crippen molar-refractivity contribution in [1.29, 1.82) is 0 Å². The number of rotatable bonds is 0. The highest BCUT2D eigenvalue weighted by Gasteiger charge is 2.24. The summed E-state index contributed by atoms with van der Waals surface area (Å²) in [6, 6.07) is 8.56. The van der Waals surface area contributed by atoms with Crippen molar-refractivity contribution in [2.24, 2.45) is 16.5 Å². The van der Waals surface area contributed by atoms with E-state index in [0.717, 1.165) is 24.0 Å². The third-order valence-corrected chi connectivity index (χ3v) is 3.90. The van der Waals surface area contributed by atoms with Crippen LogP contribution in [-0.2, 0) is 12.8 Å². The van der Waals surface area contributed by atoms with E-state index >= 15 is 0 Å². The number of benzene rings is 2. The third-order valence-electron chi connectivity index (χ3n) is 3.90. The monoisotopic (exact) mass is 223 g/mol. The Morgan fingerprint density at radius 1 is 1.00 bits per heavy atom. The zero-order valence-corrected chi connectivity index (χ0v) is 9.40. The molecule has 2 aliphatic rings. The van der Waals surface area contributed by atoms with Gasteiger partial charge in [0.15, 0.2) is 0 Å². The average molecular weight is 223 g/mol.